The summed E-state index contributed by atoms with van der Waals surface area (Å²) in [7, 11) is 1.59. The van der Waals surface area contributed by atoms with Crippen LogP contribution in [-0.4, -0.2) is 30.4 Å². The molecule has 0 aliphatic heterocycles. The Bertz CT molecular complexity index is 412. The predicted molar refractivity (Wildman–Crippen MR) is 68.9 cm³/mol. The maximum absolute atomic E-state index is 11.6. The SMILES string of the molecule is CCOC(=O)C(=O)N(C)Cc1ccc(CC)cc1. The van der Waals surface area contributed by atoms with Gasteiger partial charge in [-0.1, -0.05) is 31.2 Å². The molecule has 1 rings (SSSR count). The highest BCUT2D eigenvalue weighted by Gasteiger charge is 2.19. The van der Waals surface area contributed by atoms with E-state index >= 15 is 0 Å². The number of carbonyl (C=O) groups is 2. The first kappa shape index (κ1) is 14.2. The van der Waals surface area contributed by atoms with Gasteiger partial charge in [0.1, 0.15) is 0 Å². The van der Waals surface area contributed by atoms with Crippen LogP contribution in [0.3, 0.4) is 0 Å². The van der Waals surface area contributed by atoms with Crippen LogP contribution in [0.1, 0.15) is 25.0 Å². The van der Waals surface area contributed by atoms with Gasteiger partial charge >= 0.3 is 11.9 Å². The number of benzene rings is 1. The second kappa shape index (κ2) is 6.79. The van der Waals surface area contributed by atoms with Crippen molar-refractivity contribution in [3.63, 3.8) is 0 Å². The molecule has 0 saturated carbocycles. The Labute approximate surface area is 108 Å². The first-order chi connectivity index (χ1) is 8.58. The molecule has 0 N–H and O–H groups in total. The number of hydrogen-bond donors (Lipinski definition) is 0. The smallest absolute Gasteiger partial charge is 0.397 e. The maximum atomic E-state index is 11.6. The van der Waals surface area contributed by atoms with Gasteiger partial charge in [-0.05, 0) is 24.5 Å². The molecule has 18 heavy (non-hydrogen) atoms. The third-order valence-electron chi connectivity index (χ3n) is 2.65. The number of amides is 1. The number of hydrogen-bond acceptors (Lipinski definition) is 3. The van der Waals surface area contributed by atoms with Crippen molar-refractivity contribution in [1.29, 1.82) is 0 Å². The fourth-order valence-corrected chi connectivity index (χ4v) is 1.57. The largest absolute Gasteiger partial charge is 0.459 e. The molecule has 4 nitrogen and oxygen atoms in total. The lowest BCUT2D eigenvalue weighted by Gasteiger charge is -2.16. The average Bonchev–Trinajstić information content (AvgIpc) is 2.39. The van der Waals surface area contributed by atoms with Crippen LogP contribution < -0.4 is 0 Å². The predicted octanol–water partition coefficient (Wildman–Crippen LogP) is 1.77. The van der Waals surface area contributed by atoms with E-state index in [1.54, 1.807) is 14.0 Å². The van der Waals surface area contributed by atoms with Gasteiger partial charge in [-0.25, -0.2) is 4.79 Å². The molecule has 0 unspecified atom stereocenters. The third kappa shape index (κ3) is 3.87. The number of nitrogens with zero attached hydrogens (tertiary/aromatic N) is 1. The number of likely N-dealkylation sites (N-methyl/N-ethyl adjacent to an activating group) is 1. The molecule has 1 aromatic carbocycles. The van der Waals surface area contributed by atoms with E-state index in [0.717, 1.165) is 12.0 Å². The molecule has 0 aromatic heterocycles. The summed E-state index contributed by atoms with van der Waals surface area (Å²) in [4.78, 5) is 24.2. The quantitative estimate of drug-likeness (QED) is 0.603. The highest BCUT2D eigenvalue weighted by Crippen LogP contribution is 2.07. The van der Waals surface area contributed by atoms with E-state index in [0.29, 0.717) is 6.54 Å². The Morgan fingerprint density at radius 3 is 2.17 bits per heavy atom. The lowest BCUT2D eigenvalue weighted by atomic mass is 10.1. The van der Waals surface area contributed by atoms with Gasteiger partial charge in [0.05, 0.1) is 6.61 Å². The molecule has 0 aliphatic carbocycles. The van der Waals surface area contributed by atoms with Crippen molar-refractivity contribution in [2.45, 2.75) is 26.8 Å². The fraction of sp³-hybridized carbons (Fsp3) is 0.429. The summed E-state index contributed by atoms with van der Waals surface area (Å²) in [5, 5.41) is 0. The van der Waals surface area contributed by atoms with Crippen LogP contribution in [-0.2, 0) is 27.3 Å². The molecule has 0 saturated heterocycles. The van der Waals surface area contributed by atoms with Crippen molar-refractivity contribution in [2.75, 3.05) is 13.7 Å². The zero-order valence-corrected chi connectivity index (χ0v) is 11.1. The van der Waals surface area contributed by atoms with E-state index in [4.69, 9.17) is 0 Å². The monoisotopic (exact) mass is 249 g/mol. The van der Waals surface area contributed by atoms with Crippen molar-refractivity contribution < 1.29 is 14.3 Å². The molecule has 0 heterocycles. The van der Waals surface area contributed by atoms with Gasteiger partial charge in [0.15, 0.2) is 0 Å². The van der Waals surface area contributed by atoms with E-state index in [2.05, 4.69) is 11.7 Å². The number of aryl methyl sites for hydroxylation is 1. The second-order valence-electron chi connectivity index (χ2n) is 4.05. The molecule has 0 atom stereocenters. The summed E-state index contributed by atoms with van der Waals surface area (Å²) in [5.41, 5.74) is 2.24. The summed E-state index contributed by atoms with van der Waals surface area (Å²) >= 11 is 0. The molecular formula is C14H19NO3. The Balaban J connectivity index is 2.60. The maximum Gasteiger partial charge on any atom is 0.397 e. The van der Waals surface area contributed by atoms with Crippen molar-refractivity contribution in [1.82, 2.24) is 4.90 Å². The zero-order valence-electron chi connectivity index (χ0n) is 11.1. The summed E-state index contributed by atoms with van der Waals surface area (Å²) in [6, 6.07) is 7.98. The van der Waals surface area contributed by atoms with Gasteiger partial charge in [0.2, 0.25) is 0 Å². The minimum atomic E-state index is -0.801. The lowest BCUT2D eigenvalue weighted by molar-refractivity contribution is -0.159. The van der Waals surface area contributed by atoms with Gasteiger partial charge in [-0.2, -0.15) is 0 Å². The van der Waals surface area contributed by atoms with Gasteiger partial charge < -0.3 is 9.64 Å². The van der Waals surface area contributed by atoms with Crippen LogP contribution in [0, 0.1) is 0 Å². The Morgan fingerprint density at radius 1 is 1.11 bits per heavy atom. The van der Waals surface area contributed by atoms with Crippen LogP contribution in [0.4, 0.5) is 0 Å². The van der Waals surface area contributed by atoms with Crippen LogP contribution in [0.25, 0.3) is 0 Å². The summed E-state index contributed by atoms with van der Waals surface area (Å²) in [6.45, 7) is 4.38. The van der Waals surface area contributed by atoms with Crippen LogP contribution in [0.5, 0.6) is 0 Å². The third-order valence-corrected chi connectivity index (χ3v) is 2.65. The molecule has 0 aliphatic rings. The minimum absolute atomic E-state index is 0.212. The first-order valence-electron chi connectivity index (χ1n) is 6.08. The van der Waals surface area contributed by atoms with Crippen LogP contribution in [0.15, 0.2) is 24.3 Å². The minimum Gasteiger partial charge on any atom is -0.459 e. The molecule has 98 valence electrons. The van der Waals surface area contributed by atoms with E-state index < -0.39 is 11.9 Å². The number of rotatable bonds is 4. The lowest BCUT2D eigenvalue weighted by Crippen LogP contribution is -2.34. The Hall–Kier alpha value is -1.84. The zero-order chi connectivity index (χ0) is 13.5. The van der Waals surface area contributed by atoms with Crippen molar-refractivity contribution in [2.24, 2.45) is 0 Å². The van der Waals surface area contributed by atoms with E-state index in [1.807, 2.05) is 24.3 Å². The molecule has 0 radical (unpaired) electrons. The standard InChI is InChI=1S/C14H19NO3/c1-4-11-6-8-12(9-7-11)10-15(3)13(16)14(17)18-5-2/h6-9H,4-5,10H2,1-3H3. The van der Waals surface area contributed by atoms with Gasteiger partial charge in [-0.15, -0.1) is 0 Å². The van der Waals surface area contributed by atoms with Gasteiger partial charge in [0, 0.05) is 13.6 Å². The van der Waals surface area contributed by atoms with Gasteiger partial charge in [-0.3, -0.25) is 4.79 Å². The Kier molecular flexibility index (Phi) is 5.36. The number of esters is 1. The molecular weight excluding hydrogens is 230 g/mol. The first-order valence-corrected chi connectivity index (χ1v) is 6.08. The fourth-order valence-electron chi connectivity index (χ4n) is 1.57. The molecule has 0 bridgehead atoms. The number of carbonyl (C=O) groups excluding carboxylic acids is 2. The van der Waals surface area contributed by atoms with E-state index in [9.17, 15) is 9.59 Å². The van der Waals surface area contributed by atoms with Crippen molar-refractivity contribution in [3.8, 4) is 0 Å². The molecule has 1 amide bonds. The summed E-state index contributed by atoms with van der Waals surface area (Å²) in [5.74, 6) is -1.42. The Morgan fingerprint density at radius 2 is 1.67 bits per heavy atom. The number of ether oxygens (including phenoxy) is 1. The normalized spacial score (nSPS) is 9.94. The molecule has 0 spiro atoms. The van der Waals surface area contributed by atoms with Crippen molar-refractivity contribution in [3.05, 3.63) is 35.4 Å². The molecule has 1 aromatic rings. The topological polar surface area (TPSA) is 46.6 Å². The van der Waals surface area contributed by atoms with Gasteiger partial charge in [0.25, 0.3) is 0 Å². The van der Waals surface area contributed by atoms with Crippen LogP contribution >= 0.6 is 0 Å². The highest BCUT2D eigenvalue weighted by atomic mass is 16.5. The summed E-state index contributed by atoms with van der Waals surface area (Å²) in [6.07, 6.45) is 0.984. The van der Waals surface area contributed by atoms with E-state index in [-0.39, 0.29) is 6.61 Å². The van der Waals surface area contributed by atoms with Crippen molar-refractivity contribution >= 4 is 11.9 Å². The average molecular weight is 249 g/mol. The second-order valence-corrected chi connectivity index (χ2v) is 4.05. The molecule has 4 heteroatoms. The highest BCUT2D eigenvalue weighted by molar-refractivity contribution is 6.32. The van der Waals surface area contributed by atoms with Crippen LogP contribution in [0.2, 0.25) is 0 Å². The summed E-state index contributed by atoms with van der Waals surface area (Å²) < 4.78 is 4.67. The van der Waals surface area contributed by atoms with E-state index in [1.165, 1.54) is 10.5 Å². The molecule has 0 fully saturated rings.